The highest BCUT2D eigenvalue weighted by atomic mass is 28.4. The quantitative estimate of drug-likeness (QED) is 0.458. The lowest BCUT2D eigenvalue weighted by Crippen LogP contribution is -2.75. The zero-order valence-electron chi connectivity index (χ0n) is 17.6. The highest BCUT2D eigenvalue weighted by Crippen LogP contribution is 2.47. The molecular formula is C18H32F3NO4Si. The monoisotopic (exact) mass is 411 g/mol. The largest absolute Gasteiger partial charge is 0.443 e. The summed E-state index contributed by atoms with van der Waals surface area (Å²) in [4.78, 5) is 24.8. The Bertz CT molecular complexity index is 548. The second-order valence-electron chi connectivity index (χ2n) is 9.03. The van der Waals surface area contributed by atoms with Crippen molar-refractivity contribution in [1.82, 2.24) is 4.90 Å². The molecule has 0 aromatic rings. The summed E-state index contributed by atoms with van der Waals surface area (Å²) in [6, 6.07) is -2.32. The lowest BCUT2D eigenvalue weighted by Gasteiger charge is -2.51. The summed E-state index contributed by atoms with van der Waals surface area (Å²) >= 11 is 0. The fourth-order valence-corrected chi connectivity index (χ4v) is 9.52. The van der Waals surface area contributed by atoms with Crippen LogP contribution in [0, 0.1) is 0 Å². The maximum Gasteiger partial charge on any atom is 0.417 e. The number of nitrogens with zero attached hydrogens (tertiary/aromatic N) is 1. The van der Waals surface area contributed by atoms with Crippen LogP contribution in [0.1, 0.15) is 62.3 Å². The molecule has 2 atom stereocenters. The van der Waals surface area contributed by atoms with Gasteiger partial charge in [0, 0.05) is 0 Å². The van der Waals surface area contributed by atoms with Crippen LogP contribution in [0.5, 0.6) is 0 Å². The Kier molecular flexibility index (Phi) is 6.86. The first-order valence-electron chi connectivity index (χ1n) is 9.27. The number of hydrogen-bond acceptors (Lipinski definition) is 4. The summed E-state index contributed by atoms with van der Waals surface area (Å²) in [6.07, 6.45) is -7.78. The van der Waals surface area contributed by atoms with Gasteiger partial charge in [-0.2, -0.15) is 13.2 Å². The van der Waals surface area contributed by atoms with Crippen molar-refractivity contribution in [3.8, 4) is 0 Å². The number of halogens is 3. The van der Waals surface area contributed by atoms with E-state index in [0.717, 1.165) is 0 Å². The predicted octanol–water partition coefficient (Wildman–Crippen LogP) is 5.26. The summed E-state index contributed by atoms with van der Waals surface area (Å²) < 4.78 is 52.1. The predicted molar refractivity (Wildman–Crippen MR) is 98.8 cm³/mol. The Morgan fingerprint density at radius 1 is 1.00 bits per heavy atom. The number of likely N-dealkylation sites (tertiary alicyclic amines) is 1. The molecule has 0 unspecified atom stereocenters. The van der Waals surface area contributed by atoms with Crippen LogP contribution < -0.4 is 0 Å². The lowest BCUT2D eigenvalue weighted by atomic mass is 9.98. The van der Waals surface area contributed by atoms with E-state index in [4.69, 9.17) is 9.16 Å². The van der Waals surface area contributed by atoms with Crippen molar-refractivity contribution < 1.29 is 31.9 Å². The number of imide groups is 1. The summed E-state index contributed by atoms with van der Waals surface area (Å²) in [6.45, 7) is 16.1. The van der Waals surface area contributed by atoms with Gasteiger partial charge in [0.15, 0.2) is 12.1 Å². The number of carbonyl (C=O) groups is 2. The van der Waals surface area contributed by atoms with Crippen LogP contribution in [-0.4, -0.2) is 49.1 Å². The molecule has 0 aromatic carbocycles. The smallest absolute Gasteiger partial charge is 0.417 e. The van der Waals surface area contributed by atoms with Crippen LogP contribution >= 0.6 is 0 Å². The molecule has 158 valence electrons. The molecule has 0 N–H and O–H groups in total. The minimum Gasteiger partial charge on any atom is -0.443 e. The Balaban J connectivity index is 3.24. The van der Waals surface area contributed by atoms with Gasteiger partial charge in [-0.1, -0.05) is 41.5 Å². The molecule has 1 heterocycles. The van der Waals surface area contributed by atoms with Gasteiger partial charge in [0.25, 0.3) is 5.91 Å². The number of hydrogen-bond donors (Lipinski definition) is 0. The van der Waals surface area contributed by atoms with Gasteiger partial charge in [0.1, 0.15) is 5.60 Å². The Morgan fingerprint density at radius 2 is 1.41 bits per heavy atom. The van der Waals surface area contributed by atoms with Crippen molar-refractivity contribution in [1.29, 1.82) is 0 Å². The van der Waals surface area contributed by atoms with E-state index in [1.807, 2.05) is 41.5 Å². The SMILES string of the molecule is CC(C)[Si](O[C@H]1C(=O)N(C(=O)OC(C)(C)C)[C@H]1C(F)(F)F)(C(C)C)C(C)C. The van der Waals surface area contributed by atoms with E-state index in [1.54, 1.807) is 0 Å². The van der Waals surface area contributed by atoms with Gasteiger partial charge < -0.3 is 9.16 Å². The third-order valence-corrected chi connectivity index (χ3v) is 11.1. The second kappa shape index (κ2) is 7.73. The van der Waals surface area contributed by atoms with Gasteiger partial charge >= 0.3 is 12.3 Å². The molecule has 0 aliphatic carbocycles. The highest BCUT2D eigenvalue weighted by molar-refractivity contribution is 6.77. The number of β-lactam (4-membered cyclic amide) rings is 1. The third kappa shape index (κ3) is 4.67. The topological polar surface area (TPSA) is 55.8 Å². The molecule has 1 fully saturated rings. The number of amides is 2. The number of alkyl halides is 3. The molecule has 1 aliphatic rings. The van der Waals surface area contributed by atoms with Crippen molar-refractivity contribution in [2.24, 2.45) is 0 Å². The zero-order chi connectivity index (χ0) is 21.5. The summed E-state index contributed by atoms with van der Waals surface area (Å²) in [5.41, 5.74) is -0.981. The van der Waals surface area contributed by atoms with Crippen LogP contribution in [0.4, 0.5) is 18.0 Å². The van der Waals surface area contributed by atoms with Gasteiger partial charge in [-0.25, -0.2) is 9.69 Å². The van der Waals surface area contributed by atoms with Crippen LogP contribution in [-0.2, 0) is 14.0 Å². The van der Waals surface area contributed by atoms with E-state index in [0.29, 0.717) is 0 Å². The standard InChI is InChI=1S/C18H32F3NO4Si/c1-10(2)27(11(3)4,12(5)6)26-13-14(18(19,20)21)22(15(13)23)16(24)25-17(7,8)9/h10-14H,1-9H3/t13-,14-/m1/s1. The molecule has 9 heteroatoms. The van der Waals surface area contributed by atoms with E-state index in [-0.39, 0.29) is 21.5 Å². The van der Waals surface area contributed by atoms with E-state index in [2.05, 4.69) is 0 Å². The van der Waals surface area contributed by atoms with Crippen molar-refractivity contribution in [2.75, 3.05) is 0 Å². The van der Waals surface area contributed by atoms with Gasteiger partial charge in [0.2, 0.25) is 8.32 Å². The summed E-state index contributed by atoms with van der Waals surface area (Å²) in [7, 11) is -2.73. The van der Waals surface area contributed by atoms with Gasteiger partial charge in [-0.05, 0) is 37.4 Å². The molecule has 27 heavy (non-hydrogen) atoms. The summed E-state index contributed by atoms with van der Waals surface area (Å²) in [5, 5.41) is 0. The molecule has 0 bridgehead atoms. The molecule has 1 rings (SSSR count). The fraction of sp³-hybridized carbons (Fsp3) is 0.889. The average molecular weight is 412 g/mol. The highest BCUT2D eigenvalue weighted by Gasteiger charge is 2.67. The summed E-state index contributed by atoms with van der Waals surface area (Å²) in [5.74, 6) is -0.981. The molecule has 0 aromatic heterocycles. The maximum absolute atomic E-state index is 13.7. The molecular weight excluding hydrogens is 379 g/mol. The van der Waals surface area contributed by atoms with E-state index >= 15 is 0 Å². The van der Waals surface area contributed by atoms with E-state index in [1.165, 1.54) is 20.8 Å². The number of ether oxygens (including phenoxy) is 1. The zero-order valence-corrected chi connectivity index (χ0v) is 18.6. The fourth-order valence-electron chi connectivity index (χ4n) is 4.04. The molecule has 0 spiro atoms. The normalized spacial score (nSPS) is 21.9. The Labute approximate surface area is 160 Å². The van der Waals surface area contributed by atoms with E-state index in [9.17, 15) is 22.8 Å². The number of carbonyl (C=O) groups excluding carboxylic acids is 2. The maximum atomic E-state index is 13.7. The van der Waals surface area contributed by atoms with Crippen LogP contribution in [0.3, 0.4) is 0 Å². The van der Waals surface area contributed by atoms with Gasteiger partial charge in [0.05, 0.1) is 0 Å². The minimum absolute atomic E-state index is 0.00904. The molecule has 1 aliphatic heterocycles. The molecule has 5 nitrogen and oxygen atoms in total. The Morgan fingerprint density at radius 3 is 1.70 bits per heavy atom. The van der Waals surface area contributed by atoms with Crippen LogP contribution in [0.2, 0.25) is 16.6 Å². The third-order valence-electron chi connectivity index (χ3n) is 5.01. The number of rotatable bonds is 5. The first kappa shape index (κ1) is 23.9. The van der Waals surface area contributed by atoms with Gasteiger partial charge in [-0.3, -0.25) is 4.79 Å². The Hall–Kier alpha value is -1.09. The molecule has 1 saturated heterocycles. The first-order chi connectivity index (χ1) is 12.0. The van der Waals surface area contributed by atoms with Crippen molar-refractivity contribution in [3.05, 3.63) is 0 Å². The van der Waals surface area contributed by atoms with Crippen molar-refractivity contribution in [2.45, 2.75) is 103 Å². The van der Waals surface area contributed by atoms with Gasteiger partial charge in [-0.15, -0.1) is 0 Å². The van der Waals surface area contributed by atoms with Crippen molar-refractivity contribution in [3.63, 3.8) is 0 Å². The van der Waals surface area contributed by atoms with Crippen molar-refractivity contribution >= 4 is 20.3 Å². The average Bonchev–Trinajstić information content (AvgIpc) is 2.40. The first-order valence-corrected chi connectivity index (χ1v) is 11.4. The second-order valence-corrected chi connectivity index (χ2v) is 14.4. The van der Waals surface area contributed by atoms with E-state index < -0.39 is 44.2 Å². The lowest BCUT2D eigenvalue weighted by molar-refractivity contribution is -0.234. The van der Waals surface area contributed by atoms with Crippen LogP contribution in [0.15, 0.2) is 0 Å². The molecule has 2 amide bonds. The minimum atomic E-state index is -4.79. The molecule has 0 saturated carbocycles. The van der Waals surface area contributed by atoms with Crippen LogP contribution in [0.25, 0.3) is 0 Å². The molecule has 0 radical (unpaired) electrons.